The van der Waals surface area contributed by atoms with Crippen LogP contribution < -0.4 is 9.80 Å². The molecule has 1 unspecified atom stereocenters. The predicted molar refractivity (Wildman–Crippen MR) is 92.2 cm³/mol. The Kier molecular flexibility index (Phi) is 5.61. The molecule has 162 valence electrons. The number of hydrogen-bond donors (Lipinski definition) is 0. The fourth-order valence-corrected chi connectivity index (χ4v) is 3.13. The second-order valence-corrected chi connectivity index (χ2v) is 6.66. The Hall–Kier alpha value is -2.92. The number of alkyl halides is 6. The lowest BCUT2D eigenvalue weighted by Gasteiger charge is -2.28. The number of benzene rings is 1. The topological polar surface area (TPSA) is 49.3 Å². The minimum atomic E-state index is -5.12. The number of nitrogens with zero attached hydrogens (tertiary/aromatic N) is 4. The molecule has 2 heterocycles. The normalized spacial score (nSPS) is 17.3. The van der Waals surface area contributed by atoms with E-state index in [9.17, 15) is 35.5 Å². The molecule has 3 rings (SSSR count). The van der Waals surface area contributed by atoms with Crippen molar-refractivity contribution in [3.8, 4) is 0 Å². The summed E-state index contributed by atoms with van der Waals surface area (Å²) in [4.78, 5) is 21.5. The lowest BCUT2D eigenvalue weighted by atomic mass is 10.2. The second-order valence-electron chi connectivity index (χ2n) is 6.66. The first kappa shape index (κ1) is 21.8. The number of carbonyl (C=O) groups is 1. The first-order valence-corrected chi connectivity index (χ1v) is 8.71. The molecule has 1 aromatic heterocycles. The molecular formula is C18H15F7N4O. The summed E-state index contributed by atoms with van der Waals surface area (Å²) in [6.07, 6.45) is -9.72. The maximum absolute atomic E-state index is 13.1. The quantitative estimate of drug-likeness (QED) is 0.674. The summed E-state index contributed by atoms with van der Waals surface area (Å²) in [5.74, 6) is -1.94. The van der Waals surface area contributed by atoms with Gasteiger partial charge in [-0.15, -0.1) is 0 Å². The van der Waals surface area contributed by atoms with Crippen molar-refractivity contribution < 1.29 is 35.5 Å². The lowest BCUT2D eigenvalue weighted by Crippen LogP contribution is -2.45. The summed E-state index contributed by atoms with van der Waals surface area (Å²) in [6.45, 7) is 0.00622. The molecule has 1 fully saturated rings. The Balaban J connectivity index is 1.96. The van der Waals surface area contributed by atoms with Gasteiger partial charge in [0.15, 0.2) is 11.4 Å². The van der Waals surface area contributed by atoms with Crippen LogP contribution in [0.1, 0.15) is 24.2 Å². The minimum Gasteiger partial charge on any atom is -0.329 e. The van der Waals surface area contributed by atoms with Crippen LogP contribution in [0.15, 0.2) is 30.3 Å². The van der Waals surface area contributed by atoms with Crippen LogP contribution in [0.4, 0.5) is 42.4 Å². The molecule has 1 aromatic carbocycles. The van der Waals surface area contributed by atoms with Gasteiger partial charge in [-0.25, -0.2) is 14.4 Å². The van der Waals surface area contributed by atoms with E-state index in [0.29, 0.717) is 12.1 Å². The molecule has 1 aliphatic rings. The molecular weight excluding hydrogens is 421 g/mol. The number of hydrogen-bond acceptors (Lipinski definition) is 4. The van der Waals surface area contributed by atoms with Crippen LogP contribution in [0.5, 0.6) is 0 Å². The van der Waals surface area contributed by atoms with Gasteiger partial charge in [-0.05, 0) is 43.2 Å². The van der Waals surface area contributed by atoms with E-state index in [1.165, 1.54) is 19.2 Å². The first-order valence-electron chi connectivity index (χ1n) is 8.71. The van der Waals surface area contributed by atoms with Crippen LogP contribution in [0, 0.1) is 5.82 Å². The van der Waals surface area contributed by atoms with Crippen molar-refractivity contribution in [3.05, 3.63) is 47.5 Å². The van der Waals surface area contributed by atoms with Crippen LogP contribution >= 0.6 is 0 Å². The summed E-state index contributed by atoms with van der Waals surface area (Å²) < 4.78 is 91.6. The highest BCUT2D eigenvalue weighted by molar-refractivity contribution is 5.98. The fraction of sp³-hybridized carbons (Fsp3) is 0.389. The highest BCUT2D eigenvalue weighted by atomic mass is 19.4. The van der Waals surface area contributed by atoms with E-state index in [0.717, 1.165) is 21.9 Å². The van der Waals surface area contributed by atoms with Crippen LogP contribution in [-0.2, 0) is 17.1 Å². The van der Waals surface area contributed by atoms with Crippen molar-refractivity contribution >= 4 is 17.5 Å². The van der Waals surface area contributed by atoms with E-state index >= 15 is 0 Å². The van der Waals surface area contributed by atoms with Crippen molar-refractivity contribution in [1.82, 2.24) is 9.97 Å². The van der Waals surface area contributed by atoms with Gasteiger partial charge in [-0.3, -0.25) is 4.79 Å². The van der Waals surface area contributed by atoms with E-state index in [-0.39, 0.29) is 19.0 Å². The Morgan fingerprint density at radius 2 is 1.57 bits per heavy atom. The molecule has 1 aliphatic heterocycles. The number of carbonyl (C=O) groups excluding carboxylic acids is 1. The number of halogens is 7. The fourth-order valence-electron chi connectivity index (χ4n) is 3.13. The van der Waals surface area contributed by atoms with Crippen molar-refractivity contribution in [2.45, 2.75) is 31.2 Å². The SMILES string of the molecule is CN(C(=O)C1CCCN1c1nc(C(F)(F)F)cc(C(F)(F)F)n1)c1ccc(F)cc1. The third-order valence-electron chi connectivity index (χ3n) is 4.63. The molecule has 12 heteroatoms. The zero-order valence-electron chi connectivity index (χ0n) is 15.4. The molecule has 5 nitrogen and oxygen atoms in total. The van der Waals surface area contributed by atoms with Crippen molar-refractivity contribution in [2.24, 2.45) is 0 Å². The summed E-state index contributed by atoms with van der Waals surface area (Å²) >= 11 is 0. The largest absolute Gasteiger partial charge is 0.433 e. The monoisotopic (exact) mass is 436 g/mol. The Bertz CT molecular complexity index is 895. The Morgan fingerprint density at radius 1 is 1.03 bits per heavy atom. The first-order chi connectivity index (χ1) is 13.9. The number of anilines is 2. The Labute approximate surface area is 166 Å². The maximum atomic E-state index is 13.1. The minimum absolute atomic E-state index is 0.00622. The van der Waals surface area contributed by atoms with Gasteiger partial charge in [0.2, 0.25) is 11.9 Å². The average molecular weight is 436 g/mol. The van der Waals surface area contributed by atoms with E-state index in [1.807, 2.05) is 0 Å². The molecule has 0 saturated carbocycles. The van der Waals surface area contributed by atoms with Gasteiger partial charge in [0, 0.05) is 19.3 Å². The standard InChI is InChI=1S/C18H15F7N4O/c1-28(11-6-4-10(19)5-7-11)15(30)12-3-2-8-29(12)16-26-13(17(20,21)22)9-14(27-16)18(23,24)25/h4-7,9,12H,2-3,8H2,1H3. The van der Waals surface area contributed by atoms with Crippen molar-refractivity contribution in [2.75, 3.05) is 23.4 Å². The van der Waals surface area contributed by atoms with Crippen molar-refractivity contribution in [1.29, 1.82) is 0 Å². The van der Waals surface area contributed by atoms with Gasteiger partial charge in [0.05, 0.1) is 0 Å². The van der Waals surface area contributed by atoms with Crippen LogP contribution in [-0.4, -0.2) is 35.5 Å². The number of aromatic nitrogens is 2. The van der Waals surface area contributed by atoms with Gasteiger partial charge in [-0.2, -0.15) is 26.3 Å². The molecule has 0 radical (unpaired) electrons. The molecule has 0 bridgehead atoms. The van der Waals surface area contributed by atoms with E-state index in [2.05, 4.69) is 9.97 Å². The summed E-state index contributed by atoms with van der Waals surface area (Å²) in [5.41, 5.74) is -3.18. The average Bonchev–Trinajstić information content (AvgIpc) is 3.15. The second kappa shape index (κ2) is 7.73. The van der Waals surface area contributed by atoms with Gasteiger partial charge in [0.25, 0.3) is 0 Å². The molecule has 1 atom stereocenters. The predicted octanol–water partition coefficient (Wildman–Crippen LogP) is 4.29. The lowest BCUT2D eigenvalue weighted by molar-refractivity contribution is -0.147. The summed E-state index contributed by atoms with van der Waals surface area (Å²) in [7, 11) is 1.38. The van der Waals surface area contributed by atoms with Crippen LogP contribution in [0.25, 0.3) is 0 Å². The molecule has 0 spiro atoms. The maximum Gasteiger partial charge on any atom is 0.433 e. The van der Waals surface area contributed by atoms with Gasteiger partial charge in [-0.1, -0.05) is 0 Å². The van der Waals surface area contributed by atoms with Crippen molar-refractivity contribution in [3.63, 3.8) is 0 Å². The smallest absolute Gasteiger partial charge is 0.329 e. The van der Waals surface area contributed by atoms with E-state index in [1.54, 1.807) is 0 Å². The molecule has 1 saturated heterocycles. The van der Waals surface area contributed by atoms with Gasteiger partial charge >= 0.3 is 12.4 Å². The molecule has 1 amide bonds. The Morgan fingerprint density at radius 3 is 2.07 bits per heavy atom. The molecule has 2 aromatic rings. The van der Waals surface area contributed by atoms with Gasteiger partial charge < -0.3 is 9.80 Å². The highest BCUT2D eigenvalue weighted by Gasteiger charge is 2.42. The van der Waals surface area contributed by atoms with Crippen LogP contribution in [0.3, 0.4) is 0 Å². The van der Waals surface area contributed by atoms with Crippen LogP contribution in [0.2, 0.25) is 0 Å². The molecule has 0 N–H and O–H groups in total. The van der Waals surface area contributed by atoms with E-state index < -0.39 is 47.5 Å². The summed E-state index contributed by atoms with van der Waals surface area (Å²) in [5, 5.41) is 0. The zero-order chi connectivity index (χ0) is 22.3. The third kappa shape index (κ3) is 4.46. The number of rotatable bonds is 3. The number of likely N-dealkylation sites (N-methyl/N-ethyl adjacent to an activating group) is 1. The highest BCUT2D eigenvalue weighted by Crippen LogP contribution is 2.36. The van der Waals surface area contributed by atoms with E-state index in [4.69, 9.17) is 0 Å². The molecule has 0 aliphatic carbocycles. The summed E-state index contributed by atoms with van der Waals surface area (Å²) in [6, 6.07) is 3.67. The van der Waals surface area contributed by atoms with Gasteiger partial charge in [0.1, 0.15) is 11.9 Å². The molecule has 30 heavy (non-hydrogen) atoms. The zero-order valence-corrected chi connectivity index (χ0v) is 15.4. The third-order valence-corrected chi connectivity index (χ3v) is 4.63. The number of amides is 1.